The smallest absolute Gasteiger partial charge is 0.379 e. The summed E-state index contributed by atoms with van der Waals surface area (Å²) in [7, 11) is 0. The van der Waals surface area contributed by atoms with E-state index in [0.717, 1.165) is 54.0 Å². The normalized spacial score (nSPS) is 12.1. The van der Waals surface area contributed by atoms with E-state index in [2.05, 4.69) is 18.4 Å². The van der Waals surface area contributed by atoms with Crippen molar-refractivity contribution in [1.82, 2.24) is 4.57 Å². The van der Waals surface area contributed by atoms with E-state index < -0.39 is 23.3 Å². The average molecular weight is 464 g/mol. The maximum Gasteiger partial charge on any atom is 0.379 e. The molecular weight excluding hydrogens is 430 g/mol. The summed E-state index contributed by atoms with van der Waals surface area (Å²) in [5.74, 6) is -2.05. The van der Waals surface area contributed by atoms with Crippen LogP contribution in [0.15, 0.2) is 36.4 Å². The van der Waals surface area contributed by atoms with Gasteiger partial charge in [0.2, 0.25) is 11.6 Å². The number of nitrogens with zero attached hydrogens (tertiary/aromatic N) is 1. The molecule has 0 fully saturated rings. The lowest BCUT2D eigenvalue weighted by atomic mass is 9.99. The molecule has 0 bridgehead atoms. The van der Waals surface area contributed by atoms with Gasteiger partial charge in [0, 0.05) is 45.9 Å². The highest BCUT2D eigenvalue weighted by Gasteiger charge is 2.22. The molecule has 0 saturated carbocycles. The van der Waals surface area contributed by atoms with Crippen molar-refractivity contribution >= 4 is 45.1 Å². The second-order valence-electron chi connectivity index (χ2n) is 8.65. The van der Waals surface area contributed by atoms with Crippen molar-refractivity contribution in [3.05, 3.63) is 47.5 Å². The summed E-state index contributed by atoms with van der Waals surface area (Å²) in [6, 6.07) is 10.5. The second-order valence-corrected chi connectivity index (χ2v) is 8.65. The summed E-state index contributed by atoms with van der Waals surface area (Å²) >= 11 is 0. The van der Waals surface area contributed by atoms with Gasteiger partial charge in [-0.1, -0.05) is 40.0 Å². The average Bonchev–Trinajstić information content (AvgIpc) is 3.17. The van der Waals surface area contributed by atoms with Gasteiger partial charge in [-0.2, -0.15) is 0 Å². The Kier molecular flexibility index (Phi) is 8.37. The first kappa shape index (κ1) is 25.3. The summed E-state index contributed by atoms with van der Waals surface area (Å²) in [6.07, 6.45) is 4.61. The lowest BCUT2D eigenvalue weighted by molar-refractivity contribution is -0.137. The van der Waals surface area contributed by atoms with Crippen LogP contribution in [0.3, 0.4) is 0 Å². The first-order valence-corrected chi connectivity index (χ1v) is 12.2. The van der Waals surface area contributed by atoms with E-state index in [4.69, 9.17) is 4.74 Å². The molecular formula is C28H33NO5. The highest BCUT2D eigenvalue weighted by atomic mass is 16.5. The Morgan fingerprint density at radius 2 is 1.44 bits per heavy atom. The van der Waals surface area contributed by atoms with E-state index >= 15 is 0 Å². The number of fused-ring (bicyclic) bond motifs is 3. The van der Waals surface area contributed by atoms with E-state index in [9.17, 15) is 19.2 Å². The fourth-order valence-corrected chi connectivity index (χ4v) is 4.39. The molecule has 0 aliphatic heterocycles. The van der Waals surface area contributed by atoms with Crippen molar-refractivity contribution in [2.45, 2.75) is 66.3 Å². The Labute approximate surface area is 200 Å². The predicted molar refractivity (Wildman–Crippen MR) is 133 cm³/mol. The molecule has 0 amide bonds. The number of ketones is 3. The van der Waals surface area contributed by atoms with Crippen molar-refractivity contribution in [3.8, 4) is 0 Å². The molecule has 3 aromatic rings. The number of hydrogen-bond donors (Lipinski definition) is 0. The molecule has 1 heterocycles. The molecule has 0 radical (unpaired) electrons. The number of Topliss-reactive ketones (excluding diaryl/α,β-unsaturated/α-hetero) is 3. The molecule has 0 spiro atoms. The number of esters is 1. The first-order valence-electron chi connectivity index (χ1n) is 12.2. The van der Waals surface area contributed by atoms with E-state index in [0.29, 0.717) is 11.5 Å². The molecule has 6 nitrogen and oxygen atoms in total. The zero-order valence-electron chi connectivity index (χ0n) is 20.5. The molecule has 6 heteroatoms. The van der Waals surface area contributed by atoms with E-state index in [-0.39, 0.29) is 18.6 Å². The highest BCUT2D eigenvalue weighted by molar-refractivity contribution is 6.44. The van der Waals surface area contributed by atoms with Gasteiger partial charge in [-0.15, -0.1) is 0 Å². The Bertz CT molecular complexity index is 1240. The van der Waals surface area contributed by atoms with Crippen molar-refractivity contribution in [1.29, 1.82) is 0 Å². The van der Waals surface area contributed by atoms with Gasteiger partial charge < -0.3 is 9.30 Å². The predicted octanol–water partition coefficient (Wildman–Crippen LogP) is 5.92. The van der Waals surface area contributed by atoms with E-state index in [1.807, 2.05) is 12.1 Å². The number of carbonyl (C=O) groups excluding carboxylic acids is 4. The Morgan fingerprint density at radius 3 is 1.94 bits per heavy atom. The molecule has 1 atom stereocenters. The topological polar surface area (TPSA) is 82.4 Å². The number of carbonyl (C=O) groups is 4. The number of rotatable bonds is 12. The van der Waals surface area contributed by atoms with Crippen LogP contribution in [0.4, 0.5) is 0 Å². The van der Waals surface area contributed by atoms with Crippen LogP contribution in [0.1, 0.15) is 80.5 Å². The highest BCUT2D eigenvalue weighted by Crippen LogP contribution is 2.33. The van der Waals surface area contributed by atoms with Gasteiger partial charge in [0.15, 0.2) is 0 Å². The Hall–Kier alpha value is -3.28. The third-order valence-corrected chi connectivity index (χ3v) is 6.41. The number of aromatic nitrogens is 1. The fourth-order valence-electron chi connectivity index (χ4n) is 4.39. The first-order chi connectivity index (χ1) is 16.4. The molecule has 180 valence electrons. The van der Waals surface area contributed by atoms with Crippen LogP contribution in [-0.4, -0.2) is 34.5 Å². The SMILES string of the molecule is CCCCC(CC)Cn1c2ccc(C(=O)C(=O)CC)cc2c2cc(C(=O)C(=O)OCC)ccc21. The molecule has 2 aromatic carbocycles. The lowest BCUT2D eigenvalue weighted by Gasteiger charge is -2.17. The Morgan fingerprint density at radius 1 is 0.853 bits per heavy atom. The molecule has 0 aliphatic rings. The molecule has 34 heavy (non-hydrogen) atoms. The van der Waals surface area contributed by atoms with E-state index in [1.54, 1.807) is 38.1 Å². The monoisotopic (exact) mass is 463 g/mol. The number of ether oxygens (including phenoxy) is 1. The zero-order valence-corrected chi connectivity index (χ0v) is 20.5. The summed E-state index contributed by atoms with van der Waals surface area (Å²) in [6.45, 7) is 8.63. The minimum atomic E-state index is -0.888. The van der Waals surface area contributed by atoms with Crippen LogP contribution in [0.5, 0.6) is 0 Å². The van der Waals surface area contributed by atoms with Crippen LogP contribution in [0.2, 0.25) is 0 Å². The van der Waals surface area contributed by atoms with Gasteiger partial charge in [0.1, 0.15) is 0 Å². The van der Waals surface area contributed by atoms with Gasteiger partial charge in [-0.05, 0) is 55.7 Å². The quantitative estimate of drug-likeness (QED) is 0.189. The van der Waals surface area contributed by atoms with Crippen LogP contribution in [0.25, 0.3) is 21.8 Å². The zero-order chi connectivity index (χ0) is 24.8. The number of unbranched alkanes of at least 4 members (excludes halogenated alkanes) is 1. The third-order valence-electron chi connectivity index (χ3n) is 6.41. The van der Waals surface area contributed by atoms with Gasteiger partial charge in [-0.25, -0.2) is 4.79 Å². The maximum absolute atomic E-state index is 12.6. The standard InChI is InChI=1S/C28H33NO5/c1-5-9-10-18(6-2)17-29-23-13-11-19(26(31)25(30)7-3)15-21(23)22-16-20(12-14-24(22)29)27(32)28(33)34-8-4/h11-16,18H,5-10,17H2,1-4H3. The minimum Gasteiger partial charge on any atom is -0.460 e. The second kappa shape index (κ2) is 11.2. The van der Waals surface area contributed by atoms with Crippen molar-refractivity contribution in [3.63, 3.8) is 0 Å². The van der Waals surface area contributed by atoms with Crippen LogP contribution < -0.4 is 0 Å². The van der Waals surface area contributed by atoms with Gasteiger partial charge >= 0.3 is 5.97 Å². The van der Waals surface area contributed by atoms with Crippen LogP contribution in [0, 0.1) is 5.92 Å². The number of hydrogen-bond acceptors (Lipinski definition) is 5. The molecule has 0 saturated heterocycles. The molecule has 0 aliphatic carbocycles. The largest absolute Gasteiger partial charge is 0.460 e. The summed E-state index contributed by atoms with van der Waals surface area (Å²) in [4.78, 5) is 49.2. The fraction of sp³-hybridized carbons (Fsp3) is 0.429. The van der Waals surface area contributed by atoms with Crippen molar-refractivity contribution in [2.24, 2.45) is 5.92 Å². The van der Waals surface area contributed by atoms with Crippen molar-refractivity contribution < 1.29 is 23.9 Å². The third kappa shape index (κ3) is 5.11. The number of benzene rings is 2. The molecule has 3 rings (SSSR count). The molecule has 1 unspecified atom stereocenters. The lowest BCUT2D eigenvalue weighted by Crippen LogP contribution is -2.17. The minimum absolute atomic E-state index is 0.124. The van der Waals surface area contributed by atoms with Crippen LogP contribution >= 0.6 is 0 Å². The maximum atomic E-state index is 12.6. The molecule has 1 aromatic heterocycles. The van der Waals surface area contributed by atoms with E-state index in [1.165, 1.54) is 0 Å². The molecule has 0 N–H and O–H groups in total. The van der Waals surface area contributed by atoms with Gasteiger partial charge in [-0.3, -0.25) is 14.4 Å². The summed E-state index contributed by atoms with van der Waals surface area (Å²) in [5, 5.41) is 1.56. The van der Waals surface area contributed by atoms with Gasteiger partial charge in [0.25, 0.3) is 5.78 Å². The summed E-state index contributed by atoms with van der Waals surface area (Å²) < 4.78 is 7.11. The van der Waals surface area contributed by atoms with Crippen molar-refractivity contribution in [2.75, 3.05) is 6.61 Å². The van der Waals surface area contributed by atoms with Gasteiger partial charge in [0.05, 0.1) is 6.61 Å². The summed E-state index contributed by atoms with van der Waals surface area (Å²) in [5.41, 5.74) is 2.44. The Balaban J connectivity index is 2.19. The van der Waals surface area contributed by atoms with Crippen LogP contribution in [-0.2, 0) is 20.9 Å².